The maximum absolute atomic E-state index is 12.8. The van der Waals surface area contributed by atoms with E-state index in [1.807, 2.05) is 24.3 Å². The van der Waals surface area contributed by atoms with Gasteiger partial charge in [0.25, 0.3) is 0 Å². The molecule has 3 rings (SSSR count). The van der Waals surface area contributed by atoms with Crippen molar-refractivity contribution in [1.29, 1.82) is 0 Å². The van der Waals surface area contributed by atoms with Crippen molar-refractivity contribution < 1.29 is 9.13 Å². The number of ether oxygens (including phenoxy) is 1. The molecule has 1 aliphatic rings. The Morgan fingerprint density at radius 2 is 1.65 bits per heavy atom. The van der Waals surface area contributed by atoms with E-state index in [1.165, 1.54) is 31.4 Å². The van der Waals surface area contributed by atoms with Crippen LogP contribution in [0.15, 0.2) is 53.6 Å². The minimum Gasteiger partial charge on any atom is -0.490 e. The predicted molar refractivity (Wildman–Crippen MR) is 91.6 cm³/mol. The lowest BCUT2D eigenvalue weighted by Gasteiger charge is -2.22. The molecule has 2 aromatic rings. The van der Waals surface area contributed by atoms with Crippen molar-refractivity contribution in [1.82, 2.24) is 0 Å². The first-order valence-electron chi connectivity index (χ1n) is 8.11. The monoisotopic (exact) mass is 312 g/mol. The second kappa shape index (κ2) is 7.77. The van der Waals surface area contributed by atoms with Gasteiger partial charge in [0.15, 0.2) is 0 Å². The van der Waals surface area contributed by atoms with E-state index in [0.29, 0.717) is 6.10 Å². The van der Waals surface area contributed by atoms with Gasteiger partial charge in [0, 0.05) is 0 Å². The lowest BCUT2D eigenvalue weighted by atomic mass is 9.98. The largest absolute Gasteiger partial charge is 0.490 e. The van der Waals surface area contributed by atoms with Gasteiger partial charge in [-0.3, -0.25) is 5.43 Å². The molecule has 2 aromatic carbocycles. The van der Waals surface area contributed by atoms with Gasteiger partial charge in [0.1, 0.15) is 11.6 Å². The quantitative estimate of drug-likeness (QED) is 0.624. The van der Waals surface area contributed by atoms with Crippen molar-refractivity contribution >= 4 is 11.9 Å². The Morgan fingerprint density at radius 1 is 0.957 bits per heavy atom. The van der Waals surface area contributed by atoms with Gasteiger partial charge in [-0.25, -0.2) is 4.39 Å². The SMILES string of the molecule is Fc1ccc(NN=Cc2ccc(OC3CCCCC3)cc2)cc1. The van der Waals surface area contributed by atoms with Gasteiger partial charge < -0.3 is 4.74 Å². The Labute approximate surface area is 136 Å². The summed E-state index contributed by atoms with van der Waals surface area (Å²) in [5.74, 6) is 0.661. The molecule has 23 heavy (non-hydrogen) atoms. The maximum atomic E-state index is 12.8. The van der Waals surface area contributed by atoms with Crippen LogP contribution in [-0.2, 0) is 0 Å². The van der Waals surface area contributed by atoms with Crippen LogP contribution in [0.2, 0.25) is 0 Å². The fourth-order valence-electron chi connectivity index (χ4n) is 2.71. The van der Waals surface area contributed by atoms with Crippen molar-refractivity contribution in [2.75, 3.05) is 5.43 Å². The van der Waals surface area contributed by atoms with Crippen LogP contribution < -0.4 is 10.2 Å². The topological polar surface area (TPSA) is 33.6 Å². The number of hydrogen-bond donors (Lipinski definition) is 1. The molecule has 0 unspecified atom stereocenters. The summed E-state index contributed by atoms with van der Waals surface area (Å²) in [7, 11) is 0. The average Bonchev–Trinajstić information content (AvgIpc) is 2.59. The Hall–Kier alpha value is -2.36. The van der Waals surface area contributed by atoms with Gasteiger partial charge >= 0.3 is 0 Å². The summed E-state index contributed by atoms with van der Waals surface area (Å²) in [6.45, 7) is 0. The van der Waals surface area contributed by atoms with Crippen molar-refractivity contribution in [2.24, 2.45) is 5.10 Å². The van der Waals surface area contributed by atoms with E-state index in [9.17, 15) is 4.39 Å². The molecule has 1 aliphatic carbocycles. The van der Waals surface area contributed by atoms with E-state index in [2.05, 4.69) is 10.5 Å². The third-order valence-corrected chi connectivity index (χ3v) is 3.99. The van der Waals surface area contributed by atoms with Crippen LogP contribution in [0.4, 0.5) is 10.1 Å². The number of nitrogens with one attached hydrogen (secondary N) is 1. The van der Waals surface area contributed by atoms with Crippen molar-refractivity contribution in [2.45, 2.75) is 38.2 Å². The van der Waals surface area contributed by atoms with Crippen molar-refractivity contribution in [3.05, 3.63) is 59.9 Å². The number of hydrazone groups is 1. The zero-order valence-electron chi connectivity index (χ0n) is 13.0. The molecular formula is C19H21FN2O. The summed E-state index contributed by atoms with van der Waals surface area (Å²) in [6.07, 6.45) is 8.28. The summed E-state index contributed by atoms with van der Waals surface area (Å²) in [5, 5.41) is 4.15. The number of halogens is 1. The number of nitrogens with zero attached hydrogens (tertiary/aromatic N) is 1. The van der Waals surface area contributed by atoms with Gasteiger partial charge in [0.2, 0.25) is 0 Å². The Bertz CT molecular complexity index is 631. The molecule has 0 bridgehead atoms. The van der Waals surface area contributed by atoms with Gasteiger partial charge in [-0.2, -0.15) is 5.10 Å². The van der Waals surface area contributed by atoms with Crippen LogP contribution in [0.25, 0.3) is 0 Å². The van der Waals surface area contributed by atoms with E-state index >= 15 is 0 Å². The van der Waals surface area contributed by atoms with E-state index in [-0.39, 0.29) is 5.82 Å². The molecule has 1 N–H and O–H groups in total. The molecule has 120 valence electrons. The molecule has 3 nitrogen and oxygen atoms in total. The Balaban J connectivity index is 1.52. The van der Waals surface area contributed by atoms with Crippen molar-refractivity contribution in [3.8, 4) is 5.75 Å². The molecule has 0 aliphatic heterocycles. The lowest BCUT2D eigenvalue weighted by molar-refractivity contribution is 0.155. The minimum absolute atomic E-state index is 0.256. The predicted octanol–water partition coefficient (Wildman–Crippen LogP) is 4.98. The molecule has 0 atom stereocenters. The summed E-state index contributed by atoms with van der Waals surface area (Å²) < 4.78 is 18.8. The average molecular weight is 312 g/mol. The molecule has 1 fully saturated rings. The van der Waals surface area contributed by atoms with E-state index in [4.69, 9.17) is 4.74 Å². The third-order valence-electron chi connectivity index (χ3n) is 3.99. The number of benzene rings is 2. The molecule has 1 saturated carbocycles. The fraction of sp³-hybridized carbons (Fsp3) is 0.316. The summed E-state index contributed by atoms with van der Waals surface area (Å²) in [6, 6.07) is 14.0. The van der Waals surface area contributed by atoms with Gasteiger partial charge in [-0.1, -0.05) is 6.42 Å². The minimum atomic E-state index is -0.256. The number of hydrogen-bond acceptors (Lipinski definition) is 3. The maximum Gasteiger partial charge on any atom is 0.123 e. The van der Waals surface area contributed by atoms with E-state index < -0.39 is 0 Å². The first-order chi connectivity index (χ1) is 11.3. The highest BCUT2D eigenvalue weighted by atomic mass is 19.1. The first-order valence-corrected chi connectivity index (χ1v) is 8.11. The lowest BCUT2D eigenvalue weighted by Crippen LogP contribution is -2.19. The first kappa shape index (κ1) is 15.5. The molecule has 4 heteroatoms. The molecule has 0 heterocycles. The van der Waals surface area contributed by atoms with E-state index in [0.717, 1.165) is 29.8 Å². The third kappa shape index (κ3) is 4.81. The van der Waals surface area contributed by atoms with Crippen LogP contribution in [0.1, 0.15) is 37.7 Å². The molecular weight excluding hydrogens is 291 g/mol. The number of rotatable bonds is 5. The molecule has 0 aromatic heterocycles. The second-order valence-corrected chi connectivity index (χ2v) is 5.82. The standard InChI is InChI=1S/C19H21FN2O/c20-16-8-10-17(11-9-16)22-21-14-15-6-12-19(13-7-15)23-18-4-2-1-3-5-18/h6-14,18,22H,1-5H2. The second-order valence-electron chi connectivity index (χ2n) is 5.82. The Morgan fingerprint density at radius 3 is 2.35 bits per heavy atom. The summed E-state index contributed by atoms with van der Waals surface area (Å²) in [5.41, 5.74) is 4.60. The van der Waals surface area contributed by atoms with Crippen LogP contribution in [0.3, 0.4) is 0 Å². The van der Waals surface area contributed by atoms with Gasteiger partial charge in [-0.15, -0.1) is 0 Å². The zero-order valence-corrected chi connectivity index (χ0v) is 13.0. The van der Waals surface area contributed by atoms with Gasteiger partial charge in [-0.05, 0) is 79.8 Å². The van der Waals surface area contributed by atoms with Gasteiger partial charge in [0.05, 0.1) is 18.0 Å². The van der Waals surface area contributed by atoms with Crippen LogP contribution in [0.5, 0.6) is 5.75 Å². The summed E-state index contributed by atoms with van der Waals surface area (Å²) in [4.78, 5) is 0. The highest BCUT2D eigenvalue weighted by Gasteiger charge is 2.14. The Kier molecular flexibility index (Phi) is 5.25. The molecule has 0 saturated heterocycles. The molecule has 0 amide bonds. The smallest absolute Gasteiger partial charge is 0.123 e. The highest BCUT2D eigenvalue weighted by molar-refractivity contribution is 5.80. The van der Waals surface area contributed by atoms with Crippen molar-refractivity contribution in [3.63, 3.8) is 0 Å². The van der Waals surface area contributed by atoms with Crippen LogP contribution >= 0.6 is 0 Å². The molecule has 0 radical (unpaired) electrons. The zero-order chi connectivity index (χ0) is 15.9. The fourth-order valence-corrected chi connectivity index (χ4v) is 2.71. The molecule has 0 spiro atoms. The normalized spacial score (nSPS) is 15.7. The summed E-state index contributed by atoms with van der Waals surface area (Å²) >= 11 is 0. The van der Waals surface area contributed by atoms with Crippen LogP contribution in [0, 0.1) is 5.82 Å². The highest BCUT2D eigenvalue weighted by Crippen LogP contribution is 2.23. The van der Waals surface area contributed by atoms with Crippen LogP contribution in [-0.4, -0.2) is 12.3 Å². The number of anilines is 1. The van der Waals surface area contributed by atoms with E-state index in [1.54, 1.807) is 18.3 Å².